The summed E-state index contributed by atoms with van der Waals surface area (Å²) in [6.07, 6.45) is 3.31. The van der Waals surface area contributed by atoms with Gasteiger partial charge < -0.3 is 10.8 Å². The van der Waals surface area contributed by atoms with Crippen molar-refractivity contribution in [2.45, 2.75) is 20.3 Å². The molecule has 0 saturated heterocycles. The number of hydrogen-bond donors (Lipinski definition) is 2. The van der Waals surface area contributed by atoms with Crippen LogP contribution in [-0.2, 0) is 9.59 Å². The lowest BCUT2D eigenvalue weighted by Crippen LogP contribution is -2.07. The Morgan fingerprint density at radius 1 is 1.54 bits per heavy atom. The lowest BCUT2D eigenvalue weighted by atomic mass is 10.3. The fourth-order valence-electron chi connectivity index (χ4n) is 0.266. The Hall–Kier alpha value is -1.58. The third kappa shape index (κ3) is 13.4. The van der Waals surface area contributed by atoms with Gasteiger partial charge in [-0.1, -0.05) is 12.2 Å². The Kier molecular flexibility index (Phi) is 9.15. The van der Waals surface area contributed by atoms with Crippen LogP contribution >= 0.6 is 0 Å². The molecule has 0 rings (SSSR count). The number of allylic oxidation sites excluding steroid dienone is 1. The lowest BCUT2D eigenvalue weighted by Gasteiger charge is -1.84. The van der Waals surface area contributed by atoms with Gasteiger partial charge in [-0.05, 0) is 13.8 Å². The third-order valence-corrected chi connectivity index (χ3v) is 1.12. The van der Waals surface area contributed by atoms with Crippen molar-refractivity contribution in [2.24, 2.45) is 5.73 Å². The normalized spacial score (nSPS) is 9.54. The number of primary amides is 1. The first-order valence-corrected chi connectivity index (χ1v) is 3.71. The summed E-state index contributed by atoms with van der Waals surface area (Å²) in [5.74, 6) is -1.17. The molecule has 0 aliphatic heterocycles. The molecule has 0 atom stereocenters. The second kappa shape index (κ2) is 8.52. The smallest absolute Gasteiger partial charge is 0.330 e. The van der Waals surface area contributed by atoms with Gasteiger partial charge in [0, 0.05) is 12.0 Å². The van der Waals surface area contributed by atoms with Gasteiger partial charge in [0.25, 0.3) is 0 Å². The van der Waals surface area contributed by atoms with Gasteiger partial charge in [-0.25, -0.2) is 4.79 Å². The number of hydrogen-bond acceptors (Lipinski definition) is 2. The molecular weight excluding hydrogens is 170 g/mol. The summed E-state index contributed by atoms with van der Waals surface area (Å²) in [4.78, 5) is 19.6. The SMILES string of the molecule is C/C=C(\C)C(=O)O.C=CCC(N)=O. The summed E-state index contributed by atoms with van der Waals surface area (Å²) >= 11 is 0. The highest BCUT2D eigenvalue weighted by Gasteiger charge is 1.93. The van der Waals surface area contributed by atoms with E-state index < -0.39 is 5.97 Å². The Labute approximate surface area is 77.7 Å². The molecule has 0 aromatic heterocycles. The number of amides is 1. The molecule has 0 aliphatic carbocycles. The Morgan fingerprint density at radius 2 is 2.00 bits per heavy atom. The largest absolute Gasteiger partial charge is 0.478 e. The van der Waals surface area contributed by atoms with Crippen LogP contribution in [0.1, 0.15) is 20.3 Å². The highest BCUT2D eigenvalue weighted by molar-refractivity contribution is 5.85. The molecule has 74 valence electrons. The van der Waals surface area contributed by atoms with Crippen molar-refractivity contribution < 1.29 is 14.7 Å². The van der Waals surface area contributed by atoms with E-state index in [0.717, 1.165) is 0 Å². The van der Waals surface area contributed by atoms with Crippen LogP contribution in [-0.4, -0.2) is 17.0 Å². The Morgan fingerprint density at radius 3 is 2.00 bits per heavy atom. The van der Waals surface area contributed by atoms with Gasteiger partial charge in [0.15, 0.2) is 0 Å². The number of rotatable bonds is 3. The minimum Gasteiger partial charge on any atom is -0.478 e. The number of carbonyl (C=O) groups excluding carboxylic acids is 1. The van der Waals surface area contributed by atoms with E-state index in [9.17, 15) is 9.59 Å². The molecule has 0 aliphatic rings. The molecule has 0 fully saturated rings. The van der Waals surface area contributed by atoms with Crippen LogP contribution in [0.25, 0.3) is 0 Å². The summed E-state index contributed by atoms with van der Waals surface area (Å²) in [5.41, 5.74) is 5.08. The van der Waals surface area contributed by atoms with Crippen LogP contribution in [0.3, 0.4) is 0 Å². The van der Waals surface area contributed by atoms with Crippen molar-refractivity contribution in [1.29, 1.82) is 0 Å². The number of carboxylic acid groups (broad SMARTS) is 1. The Balaban J connectivity index is 0. The maximum atomic E-state index is 9.86. The quantitative estimate of drug-likeness (QED) is 0.510. The van der Waals surface area contributed by atoms with Gasteiger partial charge >= 0.3 is 5.97 Å². The zero-order valence-electron chi connectivity index (χ0n) is 7.91. The van der Waals surface area contributed by atoms with Crippen LogP contribution in [0.15, 0.2) is 24.3 Å². The van der Waals surface area contributed by atoms with Crippen molar-refractivity contribution in [2.75, 3.05) is 0 Å². The van der Waals surface area contributed by atoms with E-state index in [4.69, 9.17) is 10.8 Å². The average molecular weight is 185 g/mol. The zero-order valence-corrected chi connectivity index (χ0v) is 7.91. The topological polar surface area (TPSA) is 80.4 Å². The molecular formula is C9H15NO3. The first kappa shape index (κ1) is 14.0. The summed E-state index contributed by atoms with van der Waals surface area (Å²) in [6.45, 7) is 6.56. The molecule has 0 aromatic carbocycles. The monoisotopic (exact) mass is 185 g/mol. The van der Waals surface area contributed by atoms with Gasteiger partial charge in [-0.2, -0.15) is 0 Å². The average Bonchev–Trinajstić information content (AvgIpc) is 2.03. The molecule has 0 aromatic rings. The van der Waals surface area contributed by atoms with E-state index in [2.05, 4.69) is 6.58 Å². The van der Waals surface area contributed by atoms with E-state index >= 15 is 0 Å². The Bertz CT molecular complexity index is 219. The highest BCUT2D eigenvalue weighted by Crippen LogP contribution is 1.87. The fraction of sp³-hybridized carbons (Fsp3) is 0.333. The van der Waals surface area contributed by atoms with Crippen molar-refractivity contribution >= 4 is 11.9 Å². The van der Waals surface area contributed by atoms with Crippen LogP contribution in [0.4, 0.5) is 0 Å². The summed E-state index contributed by atoms with van der Waals surface area (Å²) in [7, 11) is 0. The van der Waals surface area contributed by atoms with Crippen molar-refractivity contribution in [1.82, 2.24) is 0 Å². The first-order valence-electron chi connectivity index (χ1n) is 3.71. The molecule has 4 heteroatoms. The van der Waals surface area contributed by atoms with Crippen molar-refractivity contribution in [3.05, 3.63) is 24.3 Å². The predicted molar refractivity (Wildman–Crippen MR) is 51.1 cm³/mol. The predicted octanol–water partition coefficient (Wildman–Crippen LogP) is 1.08. The molecule has 13 heavy (non-hydrogen) atoms. The van der Waals surface area contributed by atoms with Gasteiger partial charge in [0.05, 0.1) is 0 Å². The lowest BCUT2D eigenvalue weighted by molar-refractivity contribution is -0.132. The summed E-state index contributed by atoms with van der Waals surface area (Å²) in [5, 5.41) is 8.11. The minimum atomic E-state index is -0.845. The summed E-state index contributed by atoms with van der Waals surface area (Å²) < 4.78 is 0. The molecule has 0 saturated carbocycles. The fourth-order valence-corrected chi connectivity index (χ4v) is 0.266. The van der Waals surface area contributed by atoms with E-state index in [1.807, 2.05) is 0 Å². The second-order valence-corrected chi connectivity index (χ2v) is 2.24. The second-order valence-electron chi connectivity index (χ2n) is 2.24. The first-order chi connectivity index (χ1) is 5.95. The number of carbonyl (C=O) groups is 2. The molecule has 0 spiro atoms. The van der Waals surface area contributed by atoms with E-state index in [1.54, 1.807) is 19.9 Å². The van der Waals surface area contributed by atoms with Gasteiger partial charge in [0.1, 0.15) is 0 Å². The molecule has 0 heterocycles. The van der Waals surface area contributed by atoms with Crippen LogP contribution in [0.5, 0.6) is 0 Å². The van der Waals surface area contributed by atoms with Crippen LogP contribution < -0.4 is 5.73 Å². The number of carboxylic acids is 1. The number of nitrogens with two attached hydrogens (primary N) is 1. The van der Waals surface area contributed by atoms with E-state index in [-0.39, 0.29) is 12.3 Å². The molecule has 0 bridgehead atoms. The van der Waals surface area contributed by atoms with Crippen molar-refractivity contribution in [3.63, 3.8) is 0 Å². The molecule has 0 unspecified atom stereocenters. The standard InChI is InChI=1S/C5H8O2.C4H7NO/c1-3-4(2)5(6)7;1-2-3-4(5)6/h3H,1-2H3,(H,6,7);2H,1,3H2,(H2,5,6)/b4-3+;. The van der Waals surface area contributed by atoms with E-state index in [0.29, 0.717) is 5.57 Å². The molecule has 3 N–H and O–H groups in total. The maximum Gasteiger partial charge on any atom is 0.330 e. The van der Waals surface area contributed by atoms with Crippen molar-refractivity contribution in [3.8, 4) is 0 Å². The molecule has 1 amide bonds. The third-order valence-electron chi connectivity index (χ3n) is 1.12. The summed E-state index contributed by atoms with van der Waals surface area (Å²) in [6, 6.07) is 0. The van der Waals surface area contributed by atoms with Crippen LogP contribution in [0.2, 0.25) is 0 Å². The zero-order chi connectivity index (χ0) is 10.9. The minimum absolute atomic E-state index is 0.278. The number of aliphatic carboxylic acids is 1. The van der Waals surface area contributed by atoms with E-state index in [1.165, 1.54) is 6.08 Å². The molecule has 0 radical (unpaired) electrons. The van der Waals surface area contributed by atoms with Gasteiger partial charge in [0.2, 0.25) is 5.91 Å². The van der Waals surface area contributed by atoms with Gasteiger partial charge in [-0.15, -0.1) is 6.58 Å². The molecule has 4 nitrogen and oxygen atoms in total. The highest BCUT2D eigenvalue weighted by atomic mass is 16.4. The maximum absolute atomic E-state index is 9.86. The van der Waals surface area contributed by atoms with Gasteiger partial charge in [-0.3, -0.25) is 4.79 Å². The van der Waals surface area contributed by atoms with Crippen LogP contribution in [0, 0.1) is 0 Å².